The highest BCUT2D eigenvalue weighted by Crippen LogP contribution is 2.28. The molecule has 3 aromatic rings. The van der Waals surface area contributed by atoms with Crippen molar-refractivity contribution in [1.29, 1.82) is 0 Å². The molecule has 2 atom stereocenters. The van der Waals surface area contributed by atoms with Crippen LogP contribution in [0.1, 0.15) is 38.7 Å². The first-order valence-corrected chi connectivity index (χ1v) is 12.2. The van der Waals surface area contributed by atoms with Crippen LogP contribution in [-0.4, -0.2) is 68.5 Å². The van der Waals surface area contributed by atoms with Gasteiger partial charge in [-0.1, -0.05) is 0 Å². The van der Waals surface area contributed by atoms with E-state index in [4.69, 9.17) is 4.74 Å². The van der Waals surface area contributed by atoms with Crippen LogP contribution in [0.4, 0.5) is 32.0 Å². The van der Waals surface area contributed by atoms with Gasteiger partial charge in [0.1, 0.15) is 12.3 Å². The number of ether oxygens (including phenoxy) is 1. The maximum absolute atomic E-state index is 14.4. The zero-order valence-corrected chi connectivity index (χ0v) is 20.7. The number of rotatable bonds is 8. The van der Waals surface area contributed by atoms with E-state index in [2.05, 4.69) is 24.6 Å². The van der Waals surface area contributed by atoms with Gasteiger partial charge in [-0.3, -0.25) is 14.7 Å². The fourth-order valence-electron chi connectivity index (χ4n) is 3.90. The summed E-state index contributed by atoms with van der Waals surface area (Å²) in [5.74, 6) is -0.385. The largest absolute Gasteiger partial charge is 0.471 e. The van der Waals surface area contributed by atoms with Crippen LogP contribution < -0.4 is 10.1 Å². The molecule has 1 amide bonds. The summed E-state index contributed by atoms with van der Waals surface area (Å²) in [6, 6.07) is 2.96. The Hall–Kier alpha value is -3.33. The second-order valence-electron chi connectivity index (χ2n) is 8.58. The molecule has 4 rings (SSSR count). The van der Waals surface area contributed by atoms with Crippen LogP contribution in [0, 0.1) is 6.92 Å². The zero-order valence-electron chi connectivity index (χ0n) is 19.9. The summed E-state index contributed by atoms with van der Waals surface area (Å²) in [7, 11) is 0. The molecule has 4 heterocycles. The summed E-state index contributed by atoms with van der Waals surface area (Å²) in [4.78, 5) is 26.1. The predicted molar refractivity (Wildman–Crippen MR) is 125 cm³/mol. The second-order valence-corrected chi connectivity index (χ2v) is 9.44. The van der Waals surface area contributed by atoms with E-state index in [1.165, 1.54) is 23.2 Å². The maximum Gasteiger partial charge on any atom is 0.434 e. The van der Waals surface area contributed by atoms with Crippen molar-refractivity contribution < 1.29 is 35.9 Å². The monoisotopic (exact) mass is 560 g/mol. The molecule has 0 radical (unpaired) electrons. The standard InChI is InChI=1S/C23H22F6N6O2S/c1-12-21(17(38-34-12)6-14-8-31-18(9-30-14)23(27,28)29)22(36)33-13-2-3-20(32-7-13)37-16-4-5-35(10-15(16)24)11-19(25)26/h2-3,7-9,15-16,19H,4-6,10-11H2,1H3,(H,33,36)/t15-,16+/m0/s1. The van der Waals surface area contributed by atoms with Gasteiger partial charge in [0.05, 0.1) is 41.6 Å². The third kappa shape index (κ3) is 6.95. The number of carbonyl (C=O) groups is 1. The minimum absolute atomic E-state index is 0.0605. The number of anilines is 1. The average Bonchev–Trinajstić information content (AvgIpc) is 3.21. The highest BCUT2D eigenvalue weighted by Gasteiger charge is 2.33. The lowest BCUT2D eigenvalue weighted by molar-refractivity contribution is -0.141. The number of amides is 1. The Bertz CT molecular complexity index is 1240. The Labute approximate surface area is 217 Å². The van der Waals surface area contributed by atoms with Crippen LogP contribution in [-0.2, 0) is 12.6 Å². The number of aromatic nitrogens is 4. The average molecular weight is 561 g/mol. The van der Waals surface area contributed by atoms with Crippen LogP contribution >= 0.6 is 11.5 Å². The highest BCUT2D eigenvalue weighted by molar-refractivity contribution is 7.06. The van der Waals surface area contributed by atoms with E-state index in [9.17, 15) is 31.1 Å². The van der Waals surface area contributed by atoms with E-state index in [0.717, 1.165) is 17.7 Å². The summed E-state index contributed by atoms with van der Waals surface area (Å²) < 4.78 is 87.4. The smallest absolute Gasteiger partial charge is 0.434 e. The number of piperidine rings is 1. The topological polar surface area (TPSA) is 93.1 Å². The summed E-state index contributed by atoms with van der Waals surface area (Å²) in [6.07, 6.45) is -6.17. The third-order valence-electron chi connectivity index (χ3n) is 5.73. The van der Waals surface area contributed by atoms with Crippen LogP contribution in [0.5, 0.6) is 5.88 Å². The van der Waals surface area contributed by atoms with Crippen molar-refractivity contribution in [2.24, 2.45) is 0 Å². The summed E-state index contributed by atoms with van der Waals surface area (Å²) >= 11 is 1.03. The number of nitrogens with zero attached hydrogens (tertiary/aromatic N) is 5. The maximum atomic E-state index is 14.4. The Kier molecular flexibility index (Phi) is 8.45. The van der Waals surface area contributed by atoms with Gasteiger partial charge in [-0.2, -0.15) is 17.5 Å². The predicted octanol–water partition coefficient (Wildman–Crippen LogP) is 4.55. The van der Waals surface area contributed by atoms with Crippen LogP contribution in [0.15, 0.2) is 30.7 Å². The van der Waals surface area contributed by atoms with Crippen molar-refractivity contribution in [2.45, 2.75) is 44.6 Å². The number of pyridine rings is 1. The van der Waals surface area contributed by atoms with Crippen LogP contribution in [0.2, 0.25) is 0 Å². The second kappa shape index (κ2) is 11.6. The van der Waals surface area contributed by atoms with Gasteiger partial charge in [-0.05, 0) is 24.5 Å². The lowest BCUT2D eigenvalue weighted by Gasteiger charge is -2.34. The fraction of sp³-hybridized carbons (Fsp3) is 0.435. The van der Waals surface area contributed by atoms with Crippen LogP contribution in [0.3, 0.4) is 0 Å². The Morgan fingerprint density at radius 1 is 1.21 bits per heavy atom. The normalized spacial score (nSPS) is 18.5. The molecule has 0 aliphatic carbocycles. The van der Waals surface area contributed by atoms with Crippen molar-refractivity contribution in [2.75, 3.05) is 25.0 Å². The molecule has 15 heteroatoms. The molecule has 0 saturated carbocycles. The van der Waals surface area contributed by atoms with Crippen molar-refractivity contribution in [3.63, 3.8) is 0 Å². The molecule has 1 N–H and O–H groups in total. The number of likely N-dealkylation sites (tertiary alicyclic amines) is 1. The lowest BCUT2D eigenvalue weighted by Crippen LogP contribution is -2.48. The molecule has 3 aromatic heterocycles. The number of hydrogen-bond acceptors (Lipinski definition) is 8. The van der Waals surface area contributed by atoms with Gasteiger partial charge in [0.2, 0.25) is 5.88 Å². The Balaban J connectivity index is 1.36. The zero-order chi connectivity index (χ0) is 27.4. The molecule has 0 bridgehead atoms. The van der Waals surface area contributed by atoms with E-state index < -0.39 is 43.0 Å². The molecule has 0 unspecified atom stereocenters. The number of hydrogen-bond donors (Lipinski definition) is 1. The minimum Gasteiger partial charge on any atom is -0.471 e. The van der Waals surface area contributed by atoms with E-state index in [0.29, 0.717) is 22.5 Å². The molecule has 8 nitrogen and oxygen atoms in total. The van der Waals surface area contributed by atoms with Crippen molar-refractivity contribution >= 4 is 23.1 Å². The number of alkyl halides is 6. The van der Waals surface area contributed by atoms with Gasteiger partial charge in [0, 0.05) is 43.1 Å². The molecule has 1 aliphatic rings. The lowest BCUT2D eigenvalue weighted by atomic mass is 10.1. The molecule has 204 valence electrons. The van der Waals surface area contributed by atoms with Gasteiger partial charge in [0.25, 0.3) is 12.3 Å². The van der Waals surface area contributed by atoms with Crippen molar-refractivity contribution in [3.05, 3.63) is 58.2 Å². The van der Waals surface area contributed by atoms with Crippen molar-refractivity contribution in [3.8, 4) is 5.88 Å². The summed E-state index contributed by atoms with van der Waals surface area (Å²) in [6.45, 7) is 1.26. The third-order valence-corrected chi connectivity index (χ3v) is 6.66. The quantitative estimate of drug-likeness (QED) is 0.404. The fourth-order valence-corrected chi connectivity index (χ4v) is 4.78. The molecule has 0 aromatic carbocycles. The van der Waals surface area contributed by atoms with Crippen LogP contribution in [0.25, 0.3) is 0 Å². The summed E-state index contributed by atoms with van der Waals surface area (Å²) in [5.41, 5.74) is 0.135. The van der Waals surface area contributed by atoms with Gasteiger partial charge in [-0.25, -0.2) is 23.1 Å². The summed E-state index contributed by atoms with van der Waals surface area (Å²) in [5, 5.41) is 2.68. The van der Waals surface area contributed by atoms with Gasteiger partial charge in [0.15, 0.2) is 5.69 Å². The Morgan fingerprint density at radius 2 is 2.00 bits per heavy atom. The minimum atomic E-state index is -4.60. The molecule has 1 aliphatic heterocycles. The molecular formula is C23H22F6N6O2S. The molecule has 38 heavy (non-hydrogen) atoms. The van der Waals surface area contributed by atoms with Gasteiger partial charge in [-0.15, -0.1) is 0 Å². The number of nitrogens with one attached hydrogen (secondary N) is 1. The van der Waals surface area contributed by atoms with E-state index in [1.54, 1.807) is 6.92 Å². The first kappa shape index (κ1) is 27.7. The first-order chi connectivity index (χ1) is 18.0. The SMILES string of the molecule is Cc1nsc(Cc2cnc(C(F)(F)F)cn2)c1C(=O)Nc1ccc(O[C@@H]2CCN(CC(F)F)C[C@@H]2F)nc1. The number of aryl methyl sites for hydroxylation is 1. The molecule has 1 saturated heterocycles. The molecule has 0 spiro atoms. The first-order valence-electron chi connectivity index (χ1n) is 11.4. The molecule has 1 fully saturated rings. The van der Waals surface area contributed by atoms with E-state index >= 15 is 0 Å². The van der Waals surface area contributed by atoms with Crippen molar-refractivity contribution in [1.82, 2.24) is 24.2 Å². The highest BCUT2D eigenvalue weighted by atomic mass is 32.1. The van der Waals surface area contributed by atoms with Gasteiger partial charge >= 0.3 is 6.18 Å². The number of halogens is 6. The van der Waals surface area contributed by atoms with E-state index in [1.807, 2.05) is 0 Å². The van der Waals surface area contributed by atoms with Gasteiger partial charge < -0.3 is 10.1 Å². The Morgan fingerprint density at radius 3 is 2.61 bits per heavy atom. The number of carbonyl (C=O) groups excluding carboxylic acids is 1. The molecular weight excluding hydrogens is 538 g/mol. The van der Waals surface area contributed by atoms with E-state index in [-0.39, 0.29) is 43.1 Å².